The summed E-state index contributed by atoms with van der Waals surface area (Å²) in [6, 6.07) is 1.92. The number of carboxylic acids is 1. The SMILES string of the molecule is Cc1nc(COC2CN(C(=O)c3ocnc3C)Cc3ccnn3C2)cs1.O=C(O)C(F)(F)F. The Hall–Kier alpha value is -3.26. The van der Waals surface area contributed by atoms with Gasteiger partial charge >= 0.3 is 12.1 Å². The fourth-order valence-electron chi connectivity index (χ4n) is 3.00. The van der Waals surface area contributed by atoms with E-state index in [0.717, 1.165) is 16.4 Å². The normalized spacial score (nSPS) is 15.9. The fraction of sp³-hybridized carbons (Fsp3) is 0.421. The number of alkyl halides is 3. The molecule has 33 heavy (non-hydrogen) atoms. The maximum absolute atomic E-state index is 12.9. The molecule has 1 unspecified atom stereocenters. The van der Waals surface area contributed by atoms with Crippen molar-refractivity contribution in [3.05, 3.63) is 51.9 Å². The maximum atomic E-state index is 12.9. The molecule has 10 nitrogen and oxygen atoms in total. The molecule has 4 rings (SSSR count). The smallest absolute Gasteiger partial charge is 0.475 e. The standard InChI is InChI=1S/C17H19N5O3S.C2HF3O2/c1-11-16(25-10-18-11)17(23)21-5-14-3-4-19-22(14)7-15(6-21)24-8-13-9-26-12(2)20-13;3-2(4,5)1(6)7/h3-4,9-10,15H,5-8H2,1-2H3;(H,6,7). The molecule has 1 atom stereocenters. The monoisotopic (exact) mass is 487 g/mol. The Kier molecular flexibility index (Phi) is 7.48. The van der Waals surface area contributed by atoms with Gasteiger partial charge in [0.15, 0.2) is 6.39 Å². The zero-order valence-corrected chi connectivity index (χ0v) is 18.4. The number of thiazole rings is 1. The summed E-state index contributed by atoms with van der Waals surface area (Å²) >= 11 is 1.60. The number of aliphatic carboxylic acids is 1. The number of ether oxygens (including phenoxy) is 1. The van der Waals surface area contributed by atoms with E-state index in [9.17, 15) is 18.0 Å². The van der Waals surface area contributed by atoms with Gasteiger partial charge in [-0.15, -0.1) is 11.3 Å². The van der Waals surface area contributed by atoms with Gasteiger partial charge in [0.1, 0.15) is 0 Å². The van der Waals surface area contributed by atoms with E-state index in [1.54, 1.807) is 29.4 Å². The van der Waals surface area contributed by atoms with Crippen molar-refractivity contribution in [1.29, 1.82) is 0 Å². The third kappa shape index (κ3) is 6.38. The molecule has 1 N–H and O–H groups in total. The van der Waals surface area contributed by atoms with E-state index in [4.69, 9.17) is 19.1 Å². The largest absolute Gasteiger partial charge is 0.490 e. The van der Waals surface area contributed by atoms with Crippen LogP contribution < -0.4 is 0 Å². The van der Waals surface area contributed by atoms with Crippen molar-refractivity contribution in [3.63, 3.8) is 0 Å². The van der Waals surface area contributed by atoms with Crippen molar-refractivity contribution in [2.24, 2.45) is 0 Å². The summed E-state index contributed by atoms with van der Waals surface area (Å²) in [5, 5.41) is 14.5. The van der Waals surface area contributed by atoms with Crippen LogP contribution in [0.1, 0.15) is 32.6 Å². The van der Waals surface area contributed by atoms with Crippen LogP contribution >= 0.6 is 11.3 Å². The Labute approximate surface area is 189 Å². The number of nitrogens with zero attached hydrogens (tertiary/aromatic N) is 5. The van der Waals surface area contributed by atoms with Crippen LogP contribution in [0.3, 0.4) is 0 Å². The number of fused-ring (bicyclic) bond motifs is 1. The van der Waals surface area contributed by atoms with Gasteiger partial charge in [-0.2, -0.15) is 18.3 Å². The summed E-state index contributed by atoms with van der Waals surface area (Å²) in [7, 11) is 0. The lowest BCUT2D eigenvalue weighted by atomic mass is 10.2. The summed E-state index contributed by atoms with van der Waals surface area (Å²) in [4.78, 5) is 32.0. The lowest BCUT2D eigenvalue weighted by molar-refractivity contribution is -0.192. The van der Waals surface area contributed by atoms with Gasteiger partial charge < -0.3 is 19.2 Å². The number of halogens is 3. The van der Waals surface area contributed by atoms with Crippen LogP contribution in [-0.2, 0) is 29.2 Å². The molecule has 3 aromatic heterocycles. The number of rotatable bonds is 4. The highest BCUT2D eigenvalue weighted by Gasteiger charge is 2.38. The number of amides is 1. The second-order valence-corrected chi connectivity index (χ2v) is 8.11. The van der Waals surface area contributed by atoms with Crippen molar-refractivity contribution in [2.75, 3.05) is 6.54 Å². The molecule has 4 heterocycles. The van der Waals surface area contributed by atoms with Gasteiger partial charge in [-0.25, -0.2) is 14.8 Å². The van der Waals surface area contributed by atoms with Gasteiger partial charge in [0.2, 0.25) is 5.76 Å². The van der Waals surface area contributed by atoms with Crippen LogP contribution in [0.15, 0.2) is 28.5 Å². The molecule has 0 fully saturated rings. The molecule has 0 bridgehead atoms. The van der Waals surface area contributed by atoms with Crippen molar-refractivity contribution >= 4 is 23.2 Å². The Morgan fingerprint density at radius 2 is 2.06 bits per heavy atom. The van der Waals surface area contributed by atoms with E-state index in [0.29, 0.717) is 31.9 Å². The van der Waals surface area contributed by atoms with Crippen LogP contribution in [0, 0.1) is 13.8 Å². The Morgan fingerprint density at radius 1 is 1.33 bits per heavy atom. The maximum Gasteiger partial charge on any atom is 0.490 e. The van der Waals surface area contributed by atoms with Crippen molar-refractivity contribution in [2.45, 2.75) is 45.8 Å². The zero-order valence-electron chi connectivity index (χ0n) is 17.6. The molecule has 3 aromatic rings. The summed E-state index contributed by atoms with van der Waals surface area (Å²) in [6.07, 6.45) is -2.24. The molecule has 1 amide bonds. The average molecular weight is 487 g/mol. The van der Waals surface area contributed by atoms with E-state index in [1.807, 2.05) is 23.1 Å². The number of aryl methyl sites for hydroxylation is 2. The van der Waals surface area contributed by atoms with E-state index in [-0.39, 0.29) is 17.8 Å². The van der Waals surface area contributed by atoms with Crippen LogP contribution in [0.5, 0.6) is 0 Å². The molecule has 1 aliphatic rings. The predicted octanol–water partition coefficient (Wildman–Crippen LogP) is 2.82. The Bertz CT molecular complexity index is 1110. The molecule has 14 heteroatoms. The molecular formula is C19H20F3N5O5S. The topological polar surface area (TPSA) is 124 Å². The minimum Gasteiger partial charge on any atom is -0.475 e. The second-order valence-electron chi connectivity index (χ2n) is 7.05. The summed E-state index contributed by atoms with van der Waals surface area (Å²) in [5.74, 6) is -2.67. The summed E-state index contributed by atoms with van der Waals surface area (Å²) in [6.45, 7) is 5.63. The van der Waals surface area contributed by atoms with Gasteiger partial charge in [-0.05, 0) is 19.9 Å². The minimum atomic E-state index is -5.08. The third-order valence-electron chi connectivity index (χ3n) is 4.56. The average Bonchev–Trinajstić information content (AvgIpc) is 3.45. The molecule has 0 saturated carbocycles. The molecule has 0 radical (unpaired) electrons. The number of carboxylic acid groups (broad SMARTS) is 1. The first-order valence-electron chi connectivity index (χ1n) is 9.57. The van der Waals surface area contributed by atoms with Gasteiger partial charge in [-0.1, -0.05) is 0 Å². The highest BCUT2D eigenvalue weighted by atomic mass is 32.1. The van der Waals surface area contributed by atoms with Crippen molar-refractivity contribution in [3.8, 4) is 0 Å². The van der Waals surface area contributed by atoms with Crippen LogP contribution in [-0.4, -0.2) is 60.5 Å². The molecule has 1 aliphatic heterocycles. The molecule has 0 saturated heterocycles. The predicted molar refractivity (Wildman–Crippen MR) is 107 cm³/mol. The fourth-order valence-corrected chi connectivity index (χ4v) is 3.60. The number of carbonyl (C=O) groups is 2. The molecular weight excluding hydrogens is 467 g/mol. The van der Waals surface area contributed by atoms with Gasteiger partial charge in [0, 0.05) is 18.1 Å². The number of carbonyl (C=O) groups excluding carboxylic acids is 1. The van der Waals surface area contributed by atoms with E-state index in [2.05, 4.69) is 15.1 Å². The number of aromatic nitrogens is 4. The third-order valence-corrected chi connectivity index (χ3v) is 5.38. The second kappa shape index (κ2) is 10.1. The molecule has 0 spiro atoms. The highest BCUT2D eigenvalue weighted by molar-refractivity contribution is 7.09. The highest BCUT2D eigenvalue weighted by Crippen LogP contribution is 2.19. The minimum absolute atomic E-state index is 0.187. The van der Waals surface area contributed by atoms with E-state index >= 15 is 0 Å². The lowest BCUT2D eigenvalue weighted by Gasteiger charge is -2.23. The quantitative estimate of drug-likeness (QED) is 0.596. The Balaban J connectivity index is 0.000000383. The number of hydrogen-bond acceptors (Lipinski definition) is 8. The van der Waals surface area contributed by atoms with E-state index < -0.39 is 12.1 Å². The number of hydrogen-bond donors (Lipinski definition) is 1. The van der Waals surface area contributed by atoms with Crippen molar-refractivity contribution < 1.29 is 37.0 Å². The lowest BCUT2D eigenvalue weighted by Crippen LogP contribution is -2.37. The van der Waals surface area contributed by atoms with Crippen LogP contribution in [0.4, 0.5) is 13.2 Å². The molecule has 0 aliphatic carbocycles. The van der Waals surface area contributed by atoms with E-state index in [1.165, 1.54) is 6.39 Å². The summed E-state index contributed by atoms with van der Waals surface area (Å²) < 4.78 is 45.0. The first-order valence-corrected chi connectivity index (χ1v) is 10.4. The van der Waals surface area contributed by atoms with Crippen LogP contribution in [0.25, 0.3) is 0 Å². The van der Waals surface area contributed by atoms with Crippen LogP contribution in [0.2, 0.25) is 0 Å². The zero-order chi connectivity index (χ0) is 24.2. The molecule has 178 valence electrons. The first-order chi connectivity index (χ1) is 15.5. The van der Waals surface area contributed by atoms with Gasteiger partial charge in [0.25, 0.3) is 5.91 Å². The van der Waals surface area contributed by atoms with Crippen molar-refractivity contribution in [1.82, 2.24) is 24.6 Å². The van der Waals surface area contributed by atoms with Gasteiger partial charge in [0.05, 0.1) is 47.9 Å². The number of oxazole rings is 1. The Morgan fingerprint density at radius 3 is 2.64 bits per heavy atom. The van der Waals surface area contributed by atoms with Gasteiger partial charge in [-0.3, -0.25) is 9.48 Å². The first kappa shape index (κ1) is 24.4. The summed E-state index contributed by atoms with van der Waals surface area (Å²) in [5.41, 5.74) is 2.45. The molecule has 0 aromatic carbocycles.